The minimum atomic E-state index is -1.54. The molecule has 272 valence electrons. The summed E-state index contributed by atoms with van der Waals surface area (Å²) in [6.07, 6.45) is 1.16. The Morgan fingerprint density at radius 3 is 1.21 bits per heavy atom. The fourth-order valence-electron chi connectivity index (χ4n) is 6.87. The molecule has 4 atom stereocenters. The number of carboxylic acid groups (broad SMARTS) is 2. The standard InChI is InChI=1S/C42H46N2O8/c1-5-21-43(25-29-13-17-31(18-14-29)51-33-11-7-9-27(3)23-33)39(45)35-36(38(42(49)50)37(35)41(47)48)40(46)44(22-6-2)26-30-15-19-32(20-16-30)52-34-12-8-10-28(4)24-34/h7-20,23-24,35-38H,5-6,21-22,25-26H2,1-4H3,(H,47,48)(H,49,50)/t35-,36-,37-,38-/m1/s1. The molecule has 2 N–H and O–H groups in total. The minimum Gasteiger partial charge on any atom is -0.481 e. The van der Waals surface area contributed by atoms with Crippen LogP contribution in [0, 0.1) is 37.5 Å². The second kappa shape index (κ2) is 17.0. The molecule has 5 rings (SSSR count). The Morgan fingerprint density at radius 1 is 0.538 bits per heavy atom. The Balaban J connectivity index is 1.34. The molecule has 2 amide bonds. The van der Waals surface area contributed by atoms with Gasteiger partial charge in [0, 0.05) is 26.2 Å². The number of aryl methyl sites for hydroxylation is 2. The molecule has 10 heteroatoms. The highest BCUT2D eigenvalue weighted by Gasteiger charge is 2.64. The number of aliphatic carboxylic acids is 2. The number of amides is 2. The molecule has 1 saturated carbocycles. The quantitative estimate of drug-likeness (QED) is 0.121. The van der Waals surface area contributed by atoms with Crippen molar-refractivity contribution in [3.05, 3.63) is 119 Å². The summed E-state index contributed by atoms with van der Waals surface area (Å²) in [5, 5.41) is 20.4. The molecule has 0 bridgehead atoms. The topological polar surface area (TPSA) is 134 Å². The first kappa shape index (κ1) is 37.6. The van der Waals surface area contributed by atoms with Gasteiger partial charge in [0.15, 0.2) is 0 Å². The molecular weight excluding hydrogens is 660 g/mol. The van der Waals surface area contributed by atoms with Gasteiger partial charge >= 0.3 is 11.9 Å². The van der Waals surface area contributed by atoms with Crippen molar-refractivity contribution in [2.24, 2.45) is 23.7 Å². The van der Waals surface area contributed by atoms with Crippen molar-refractivity contribution in [3.8, 4) is 23.0 Å². The second-order valence-electron chi connectivity index (χ2n) is 13.4. The number of hydrogen-bond donors (Lipinski definition) is 2. The lowest BCUT2D eigenvalue weighted by molar-refractivity contribution is -0.187. The molecule has 0 radical (unpaired) electrons. The lowest BCUT2D eigenvalue weighted by atomic mass is 9.55. The van der Waals surface area contributed by atoms with E-state index in [2.05, 4.69) is 0 Å². The summed E-state index contributed by atoms with van der Waals surface area (Å²) in [5.41, 5.74) is 3.70. The predicted octanol–water partition coefficient (Wildman–Crippen LogP) is 7.71. The molecule has 52 heavy (non-hydrogen) atoms. The van der Waals surface area contributed by atoms with Gasteiger partial charge < -0.3 is 29.5 Å². The van der Waals surface area contributed by atoms with Crippen molar-refractivity contribution in [1.29, 1.82) is 0 Å². The predicted molar refractivity (Wildman–Crippen MR) is 196 cm³/mol. The molecule has 0 unspecified atom stereocenters. The van der Waals surface area contributed by atoms with Gasteiger partial charge in [-0.1, -0.05) is 62.4 Å². The Morgan fingerprint density at radius 2 is 0.904 bits per heavy atom. The highest BCUT2D eigenvalue weighted by Crippen LogP contribution is 2.49. The summed E-state index contributed by atoms with van der Waals surface area (Å²) >= 11 is 0. The molecule has 4 aromatic rings. The van der Waals surface area contributed by atoms with E-state index >= 15 is 0 Å². The highest BCUT2D eigenvalue weighted by atomic mass is 16.5. The molecule has 0 heterocycles. The number of rotatable bonds is 16. The van der Waals surface area contributed by atoms with Gasteiger partial charge in [0.25, 0.3) is 0 Å². The first-order valence-corrected chi connectivity index (χ1v) is 17.7. The van der Waals surface area contributed by atoms with Crippen LogP contribution in [0.2, 0.25) is 0 Å². The van der Waals surface area contributed by atoms with Crippen LogP contribution in [0.1, 0.15) is 48.9 Å². The van der Waals surface area contributed by atoms with E-state index in [-0.39, 0.29) is 13.1 Å². The van der Waals surface area contributed by atoms with E-state index in [4.69, 9.17) is 9.47 Å². The van der Waals surface area contributed by atoms with Gasteiger partial charge in [0.2, 0.25) is 11.8 Å². The monoisotopic (exact) mass is 706 g/mol. The lowest BCUT2D eigenvalue weighted by Gasteiger charge is -2.48. The molecule has 0 saturated heterocycles. The highest BCUT2D eigenvalue weighted by molar-refractivity contribution is 5.99. The number of carbonyl (C=O) groups is 4. The normalized spacial score (nSPS) is 17.8. The maximum Gasteiger partial charge on any atom is 0.308 e. The van der Waals surface area contributed by atoms with Gasteiger partial charge in [-0.05, 0) is 97.5 Å². The number of nitrogens with zero attached hydrogens (tertiary/aromatic N) is 2. The van der Waals surface area contributed by atoms with Crippen LogP contribution < -0.4 is 9.47 Å². The average molecular weight is 707 g/mol. The number of carbonyl (C=O) groups excluding carboxylic acids is 2. The fourth-order valence-corrected chi connectivity index (χ4v) is 6.87. The van der Waals surface area contributed by atoms with Crippen LogP contribution in [0.5, 0.6) is 23.0 Å². The van der Waals surface area contributed by atoms with Gasteiger partial charge in [-0.15, -0.1) is 0 Å². The molecule has 0 aromatic heterocycles. The zero-order chi connectivity index (χ0) is 37.4. The zero-order valence-corrected chi connectivity index (χ0v) is 30.0. The van der Waals surface area contributed by atoms with Crippen LogP contribution in [-0.4, -0.2) is 56.9 Å². The van der Waals surface area contributed by atoms with Gasteiger partial charge in [0.1, 0.15) is 23.0 Å². The van der Waals surface area contributed by atoms with Crippen LogP contribution in [0.4, 0.5) is 0 Å². The van der Waals surface area contributed by atoms with Crippen molar-refractivity contribution < 1.29 is 38.9 Å². The van der Waals surface area contributed by atoms with Crippen molar-refractivity contribution >= 4 is 23.8 Å². The van der Waals surface area contributed by atoms with E-state index in [1.54, 1.807) is 24.3 Å². The number of benzene rings is 4. The van der Waals surface area contributed by atoms with Crippen molar-refractivity contribution in [1.82, 2.24) is 9.80 Å². The van der Waals surface area contributed by atoms with E-state index in [0.29, 0.717) is 48.9 Å². The molecule has 1 fully saturated rings. The summed E-state index contributed by atoms with van der Waals surface area (Å²) in [6.45, 7) is 8.69. The summed E-state index contributed by atoms with van der Waals surface area (Å²) in [6, 6.07) is 29.9. The van der Waals surface area contributed by atoms with Gasteiger partial charge in [-0.3, -0.25) is 19.2 Å². The van der Waals surface area contributed by atoms with E-state index in [1.807, 2.05) is 100 Å². The first-order chi connectivity index (χ1) is 25.0. The van der Waals surface area contributed by atoms with Crippen LogP contribution in [-0.2, 0) is 32.3 Å². The van der Waals surface area contributed by atoms with Crippen LogP contribution in [0.25, 0.3) is 0 Å². The molecular formula is C42H46N2O8. The second-order valence-corrected chi connectivity index (χ2v) is 13.4. The third kappa shape index (κ3) is 8.98. The van der Waals surface area contributed by atoms with Crippen molar-refractivity contribution in [2.75, 3.05) is 13.1 Å². The van der Waals surface area contributed by atoms with Crippen LogP contribution in [0.3, 0.4) is 0 Å². The maximum atomic E-state index is 14.3. The summed E-state index contributed by atoms with van der Waals surface area (Å²) in [4.78, 5) is 56.6. The number of carboxylic acids is 2. The summed E-state index contributed by atoms with van der Waals surface area (Å²) in [7, 11) is 0. The van der Waals surface area contributed by atoms with Crippen LogP contribution in [0.15, 0.2) is 97.1 Å². The first-order valence-electron chi connectivity index (χ1n) is 17.7. The third-order valence-corrected chi connectivity index (χ3v) is 9.34. The molecule has 4 aromatic carbocycles. The third-order valence-electron chi connectivity index (χ3n) is 9.34. The zero-order valence-electron chi connectivity index (χ0n) is 30.0. The van der Waals surface area contributed by atoms with Gasteiger partial charge in [-0.2, -0.15) is 0 Å². The average Bonchev–Trinajstić information content (AvgIpc) is 3.08. The molecule has 0 spiro atoms. The Hall–Kier alpha value is -5.64. The smallest absolute Gasteiger partial charge is 0.308 e. The summed E-state index contributed by atoms with van der Waals surface area (Å²) in [5.74, 6) is -7.00. The summed E-state index contributed by atoms with van der Waals surface area (Å²) < 4.78 is 11.9. The Kier molecular flexibility index (Phi) is 12.3. The SMILES string of the molecule is CCCN(Cc1ccc(Oc2cccc(C)c2)cc1)C(=O)[C@H]1[C@@H](C(=O)O)[C@H](C(=O)O)[C@@H]1C(=O)N(CCC)Cc1ccc(Oc2cccc(C)c2)cc1. The van der Waals surface area contributed by atoms with E-state index in [1.165, 1.54) is 9.80 Å². The minimum absolute atomic E-state index is 0.161. The molecule has 1 aliphatic carbocycles. The largest absolute Gasteiger partial charge is 0.481 e. The van der Waals surface area contributed by atoms with Gasteiger partial charge in [0.05, 0.1) is 23.7 Å². The molecule has 1 aliphatic rings. The van der Waals surface area contributed by atoms with E-state index in [0.717, 1.165) is 22.3 Å². The Labute approximate surface area is 304 Å². The van der Waals surface area contributed by atoms with Crippen LogP contribution >= 0.6 is 0 Å². The lowest BCUT2D eigenvalue weighted by Crippen LogP contribution is -2.64. The fraction of sp³-hybridized carbons (Fsp3) is 0.333. The number of hydrogen-bond acceptors (Lipinski definition) is 6. The molecule has 0 aliphatic heterocycles. The Bertz CT molecular complexity index is 1740. The van der Waals surface area contributed by atoms with Gasteiger partial charge in [-0.25, -0.2) is 0 Å². The maximum absolute atomic E-state index is 14.3. The van der Waals surface area contributed by atoms with Crippen molar-refractivity contribution in [3.63, 3.8) is 0 Å². The molecule has 10 nitrogen and oxygen atoms in total. The van der Waals surface area contributed by atoms with E-state index in [9.17, 15) is 29.4 Å². The van der Waals surface area contributed by atoms with E-state index < -0.39 is 47.4 Å². The number of ether oxygens (including phenoxy) is 2. The van der Waals surface area contributed by atoms with Crippen molar-refractivity contribution in [2.45, 2.75) is 53.6 Å².